The molecule has 11 aromatic carbocycles. The molecule has 14 rings (SSSR count). The maximum atomic E-state index is 2.48. The maximum Gasteiger partial charge on any atom is 0.0541 e. The number of hydrogen-bond donors (Lipinski definition) is 0. The Hall–Kier alpha value is -8.70. The van der Waals surface area contributed by atoms with Crippen molar-refractivity contribution in [3.63, 3.8) is 0 Å². The zero-order valence-corrected chi connectivity index (χ0v) is 37.7. The Kier molecular flexibility index (Phi) is 8.76. The van der Waals surface area contributed by atoms with E-state index in [-0.39, 0.29) is 0 Å². The first-order valence-corrected chi connectivity index (χ1v) is 24.1. The van der Waals surface area contributed by atoms with Gasteiger partial charge in [0.25, 0.3) is 0 Å². The van der Waals surface area contributed by atoms with E-state index < -0.39 is 0 Å². The van der Waals surface area contributed by atoms with Crippen molar-refractivity contribution >= 4 is 103 Å². The van der Waals surface area contributed by atoms with Crippen molar-refractivity contribution in [2.45, 2.75) is 0 Å². The molecule has 14 aromatic rings. The van der Waals surface area contributed by atoms with Crippen molar-refractivity contribution in [2.24, 2.45) is 0 Å². The molecule has 0 saturated carbocycles. The Morgan fingerprint density at radius 3 is 1.53 bits per heavy atom. The van der Waals surface area contributed by atoms with Gasteiger partial charge in [0.05, 0.1) is 27.8 Å². The van der Waals surface area contributed by atoms with E-state index in [1.54, 1.807) is 0 Å². The van der Waals surface area contributed by atoms with Crippen LogP contribution in [0.2, 0.25) is 0 Å². The monoisotopic (exact) mass is 883 g/mol. The summed E-state index contributed by atoms with van der Waals surface area (Å²) in [5.41, 5.74) is 15.0. The second-order valence-electron chi connectivity index (χ2n) is 17.7. The Bertz CT molecular complexity index is 4210. The van der Waals surface area contributed by atoms with Crippen LogP contribution in [0.5, 0.6) is 0 Å². The van der Waals surface area contributed by atoms with E-state index in [1.807, 2.05) is 11.3 Å². The van der Waals surface area contributed by atoms with E-state index in [1.165, 1.54) is 74.6 Å². The lowest BCUT2D eigenvalue weighted by Crippen LogP contribution is -2.11. The lowest BCUT2D eigenvalue weighted by molar-refractivity contribution is 1.18. The van der Waals surface area contributed by atoms with Crippen LogP contribution < -0.4 is 4.90 Å². The van der Waals surface area contributed by atoms with Gasteiger partial charge in [0.1, 0.15) is 0 Å². The summed E-state index contributed by atoms with van der Waals surface area (Å²) in [4.78, 5) is 2.48. The van der Waals surface area contributed by atoms with Crippen LogP contribution in [0.3, 0.4) is 0 Å². The minimum absolute atomic E-state index is 1.09. The molecule has 3 heterocycles. The molecule has 4 heteroatoms. The zero-order valence-electron chi connectivity index (χ0n) is 36.9. The van der Waals surface area contributed by atoms with Crippen LogP contribution >= 0.6 is 11.3 Å². The Balaban J connectivity index is 1.01. The van der Waals surface area contributed by atoms with Crippen molar-refractivity contribution in [3.05, 3.63) is 249 Å². The predicted octanol–water partition coefficient (Wildman–Crippen LogP) is 18.2. The van der Waals surface area contributed by atoms with E-state index in [0.29, 0.717) is 0 Å². The van der Waals surface area contributed by atoms with Gasteiger partial charge < -0.3 is 14.0 Å². The number of fused-ring (bicyclic) bond motifs is 10. The van der Waals surface area contributed by atoms with Crippen LogP contribution in [-0.2, 0) is 0 Å². The average Bonchev–Trinajstić information content (AvgIpc) is 4.06. The molecule has 0 radical (unpaired) electrons. The molecular formula is C64H41N3S. The normalized spacial score (nSPS) is 11.8. The van der Waals surface area contributed by atoms with E-state index in [9.17, 15) is 0 Å². The van der Waals surface area contributed by atoms with Gasteiger partial charge >= 0.3 is 0 Å². The molecule has 0 aliphatic heterocycles. The fourth-order valence-electron chi connectivity index (χ4n) is 10.8. The van der Waals surface area contributed by atoms with E-state index in [2.05, 4.69) is 263 Å². The fourth-order valence-corrected chi connectivity index (χ4v) is 11.9. The first kappa shape index (κ1) is 38.6. The Morgan fingerprint density at radius 2 is 0.809 bits per heavy atom. The number of benzene rings is 11. The fraction of sp³-hybridized carbons (Fsp3) is 0. The minimum atomic E-state index is 1.09. The number of thiophene rings is 1. The van der Waals surface area contributed by atoms with Gasteiger partial charge in [-0.05, 0) is 131 Å². The van der Waals surface area contributed by atoms with Gasteiger partial charge in [-0.15, -0.1) is 11.3 Å². The summed E-state index contributed by atoms with van der Waals surface area (Å²) >= 11 is 1.86. The second kappa shape index (κ2) is 15.5. The van der Waals surface area contributed by atoms with Crippen molar-refractivity contribution in [1.29, 1.82) is 0 Å². The molecule has 0 N–H and O–H groups in total. The molecule has 318 valence electrons. The van der Waals surface area contributed by atoms with Gasteiger partial charge in [-0.3, -0.25) is 0 Å². The molecule has 0 saturated heterocycles. The minimum Gasteiger partial charge on any atom is -0.310 e. The van der Waals surface area contributed by atoms with Gasteiger partial charge in [0, 0.05) is 69.9 Å². The molecule has 0 atom stereocenters. The highest BCUT2D eigenvalue weighted by molar-refractivity contribution is 7.25. The average molecular weight is 884 g/mol. The molecule has 0 aliphatic carbocycles. The number of para-hydroxylation sites is 4. The predicted molar refractivity (Wildman–Crippen MR) is 291 cm³/mol. The molecule has 68 heavy (non-hydrogen) atoms. The summed E-state index contributed by atoms with van der Waals surface area (Å²) in [6.07, 6.45) is 0. The summed E-state index contributed by atoms with van der Waals surface area (Å²) < 4.78 is 7.37. The maximum absolute atomic E-state index is 2.48. The number of anilines is 3. The highest BCUT2D eigenvalue weighted by Gasteiger charge is 2.21. The van der Waals surface area contributed by atoms with Crippen LogP contribution in [0.15, 0.2) is 249 Å². The smallest absolute Gasteiger partial charge is 0.0541 e. The Labute approximate surface area is 397 Å². The molecule has 0 bridgehead atoms. The van der Waals surface area contributed by atoms with Gasteiger partial charge in [-0.1, -0.05) is 146 Å². The van der Waals surface area contributed by atoms with Crippen molar-refractivity contribution in [3.8, 4) is 33.6 Å². The summed E-state index contributed by atoms with van der Waals surface area (Å²) in [6, 6.07) is 91.5. The van der Waals surface area contributed by atoms with Crippen molar-refractivity contribution in [1.82, 2.24) is 9.13 Å². The third kappa shape index (κ3) is 6.12. The lowest BCUT2D eigenvalue weighted by atomic mass is 9.95. The van der Waals surface area contributed by atoms with Gasteiger partial charge in [0.15, 0.2) is 0 Å². The van der Waals surface area contributed by atoms with E-state index in [4.69, 9.17) is 0 Å². The van der Waals surface area contributed by atoms with Crippen LogP contribution in [-0.4, -0.2) is 9.13 Å². The van der Waals surface area contributed by atoms with Gasteiger partial charge in [-0.25, -0.2) is 0 Å². The van der Waals surface area contributed by atoms with Crippen molar-refractivity contribution < 1.29 is 0 Å². The molecule has 0 aliphatic rings. The first-order chi connectivity index (χ1) is 33.7. The highest BCUT2D eigenvalue weighted by Crippen LogP contribution is 2.46. The lowest BCUT2D eigenvalue weighted by Gasteiger charge is -2.28. The highest BCUT2D eigenvalue weighted by atomic mass is 32.1. The van der Waals surface area contributed by atoms with Crippen LogP contribution in [0, 0.1) is 0 Å². The van der Waals surface area contributed by atoms with Crippen LogP contribution in [0.25, 0.3) is 108 Å². The van der Waals surface area contributed by atoms with Gasteiger partial charge in [0.2, 0.25) is 0 Å². The van der Waals surface area contributed by atoms with Crippen molar-refractivity contribution in [2.75, 3.05) is 4.90 Å². The molecule has 0 spiro atoms. The quantitative estimate of drug-likeness (QED) is 0.155. The SMILES string of the molecule is c1ccc(-n2c3ccccc3c3cc(-c4cc(-c5ccc(-n6c7ccccc7c7ccccc76)cc5)cc(N(c5ccc6sc7ccccc7c6c5)c5cccc6ccccc56)c4)ccc32)cc1. The molecule has 3 nitrogen and oxygen atoms in total. The third-order valence-corrected chi connectivity index (χ3v) is 15.0. The summed E-state index contributed by atoms with van der Waals surface area (Å²) in [7, 11) is 0. The summed E-state index contributed by atoms with van der Waals surface area (Å²) in [5, 5.41) is 9.94. The van der Waals surface area contributed by atoms with Crippen LogP contribution in [0.4, 0.5) is 17.1 Å². The molecular weight excluding hydrogens is 843 g/mol. The largest absolute Gasteiger partial charge is 0.310 e. The topological polar surface area (TPSA) is 13.1 Å². The number of nitrogens with zero attached hydrogens (tertiary/aromatic N) is 3. The van der Waals surface area contributed by atoms with E-state index in [0.717, 1.165) is 50.7 Å². The number of hydrogen-bond acceptors (Lipinski definition) is 2. The summed E-state index contributed by atoms with van der Waals surface area (Å²) in [5.74, 6) is 0. The Morgan fingerprint density at radius 1 is 0.279 bits per heavy atom. The number of aromatic nitrogens is 2. The molecule has 0 fully saturated rings. The molecule has 3 aromatic heterocycles. The second-order valence-corrected chi connectivity index (χ2v) is 18.8. The third-order valence-electron chi connectivity index (χ3n) is 13.9. The van der Waals surface area contributed by atoms with Crippen LogP contribution in [0.1, 0.15) is 0 Å². The standard InChI is InChI=1S/C64H41N3S/c1-2-17-47(18-3-1)66-61-26-12-8-22-54(61)56-40-44(31-35-62(56)66)46-37-45(42-29-32-48(33-30-42)67-59-24-10-6-20-52(59)53-21-7-11-25-60(53)67)38-50(39-46)65(58-27-14-16-43-15-4-5-19-51(43)58)49-34-36-64-57(41-49)55-23-9-13-28-63(55)68-64/h1-41H. The zero-order chi connectivity index (χ0) is 44.7. The molecule has 0 amide bonds. The molecule has 0 unspecified atom stereocenters. The van der Waals surface area contributed by atoms with Gasteiger partial charge in [-0.2, -0.15) is 0 Å². The first-order valence-electron chi connectivity index (χ1n) is 23.2. The number of rotatable bonds is 7. The summed E-state index contributed by atoms with van der Waals surface area (Å²) in [6.45, 7) is 0. The van der Waals surface area contributed by atoms with E-state index >= 15 is 0 Å².